The van der Waals surface area contributed by atoms with Gasteiger partial charge in [0.05, 0.1) is 5.69 Å². The van der Waals surface area contributed by atoms with Gasteiger partial charge in [0, 0.05) is 27.4 Å². The Morgan fingerprint density at radius 1 is 0.939 bits per heavy atom. The van der Waals surface area contributed by atoms with Crippen molar-refractivity contribution >= 4 is 45.8 Å². The van der Waals surface area contributed by atoms with Gasteiger partial charge in [-0.15, -0.1) is 5.10 Å². The molecule has 2 aromatic carbocycles. The highest BCUT2D eigenvalue weighted by atomic mass is 127. The summed E-state index contributed by atoms with van der Waals surface area (Å²) in [5, 5.41) is 12.2. The molecule has 5 nitrogen and oxygen atoms in total. The maximum atomic E-state index is 6.30. The molecule has 0 aliphatic heterocycles. The second-order valence-electron chi connectivity index (χ2n) is 8.06. The van der Waals surface area contributed by atoms with Crippen LogP contribution in [0.4, 0.5) is 0 Å². The van der Waals surface area contributed by atoms with Gasteiger partial charge in [-0.3, -0.25) is 4.98 Å². The summed E-state index contributed by atoms with van der Waals surface area (Å²) in [6, 6.07) is 15.9. The molecule has 0 aliphatic carbocycles. The van der Waals surface area contributed by atoms with Crippen LogP contribution in [0.3, 0.4) is 0 Å². The summed E-state index contributed by atoms with van der Waals surface area (Å²) in [5.41, 5.74) is 6.15. The van der Waals surface area contributed by atoms with E-state index in [1.165, 1.54) is 5.56 Å². The van der Waals surface area contributed by atoms with E-state index in [2.05, 4.69) is 81.1 Å². The van der Waals surface area contributed by atoms with Crippen LogP contribution in [0.2, 0.25) is 10.0 Å². The molecule has 4 aromatic rings. The first kappa shape index (κ1) is 24.0. The van der Waals surface area contributed by atoms with Crippen LogP contribution < -0.4 is 4.74 Å². The normalized spacial score (nSPS) is 11.2. The van der Waals surface area contributed by atoms with Gasteiger partial charge >= 0.3 is 0 Å². The van der Waals surface area contributed by atoms with Crippen molar-refractivity contribution in [3.05, 3.63) is 90.9 Å². The second-order valence-corrected chi connectivity index (χ2v) is 9.95. The largest absolute Gasteiger partial charge is 0.487 e. The number of hydrogen-bond donors (Lipinski definition) is 1. The average molecular weight is 593 g/mol. The Morgan fingerprint density at radius 2 is 1.67 bits per heavy atom. The topological polar surface area (TPSA) is 63.7 Å². The van der Waals surface area contributed by atoms with Gasteiger partial charge < -0.3 is 4.74 Å². The molecule has 0 radical (unpaired) electrons. The number of H-pyrrole nitrogens is 1. The molecule has 0 unspecified atom stereocenters. The SMILES string of the molecule is CC(C)c1ccnc(CCc2ccc(-c3n[nH]nc3I)cc2)c1OCc1cc(Cl)cc(Cl)c1. The lowest BCUT2D eigenvalue weighted by atomic mass is 9.99. The highest BCUT2D eigenvalue weighted by Crippen LogP contribution is 2.31. The molecule has 0 spiro atoms. The van der Waals surface area contributed by atoms with Crippen LogP contribution in [0.1, 0.15) is 42.1 Å². The van der Waals surface area contributed by atoms with Crippen LogP contribution in [-0.2, 0) is 19.4 Å². The Morgan fingerprint density at radius 3 is 2.30 bits per heavy atom. The Labute approximate surface area is 217 Å². The summed E-state index contributed by atoms with van der Waals surface area (Å²) in [6.07, 6.45) is 3.49. The molecule has 0 saturated heterocycles. The number of ether oxygens (including phenoxy) is 1. The van der Waals surface area contributed by atoms with Crippen LogP contribution in [0.5, 0.6) is 5.75 Å². The smallest absolute Gasteiger partial charge is 0.151 e. The number of halogens is 3. The molecule has 2 aromatic heterocycles. The van der Waals surface area contributed by atoms with Gasteiger partial charge in [-0.2, -0.15) is 10.3 Å². The van der Waals surface area contributed by atoms with E-state index in [-0.39, 0.29) is 0 Å². The van der Waals surface area contributed by atoms with E-state index in [1.807, 2.05) is 24.4 Å². The maximum Gasteiger partial charge on any atom is 0.151 e. The van der Waals surface area contributed by atoms with Crippen LogP contribution in [0.25, 0.3) is 11.3 Å². The van der Waals surface area contributed by atoms with Crippen molar-refractivity contribution in [3.63, 3.8) is 0 Å². The van der Waals surface area contributed by atoms with E-state index in [0.717, 1.165) is 50.4 Å². The van der Waals surface area contributed by atoms with Crippen LogP contribution >= 0.6 is 45.8 Å². The van der Waals surface area contributed by atoms with E-state index in [0.29, 0.717) is 22.6 Å². The number of aryl methyl sites for hydroxylation is 2. The van der Waals surface area contributed by atoms with Crippen LogP contribution in [0.15, 0.2) is 54.7 Å². The number of rotatable bonds is 8. The molecule has 0 aliphatic rings. The molecular formula is C25H23Cl2IN4O. The van der Waals surface area contributed by atoms with E-state index in [1.54, 1.807) is 6.07 Å². The lowest BCUT2D eigenvalue weighted by molar-refractivity contribution is 0.296. The Balaban J connectivity index is 1.51. The number of aromatic amines is 1. The van der Waals surface area contributed by atoms with Gasteiger partial charge in [0.25, 0.3) is 0 Å². The number of hydrogen-bond acceptors (Lipinski definition) is 4. The lowest BCUT2D eigenvalue weighted by Crippen LogP contribution is -2.06. The Kier molecular flexibility index (Phi) is 7.88. The second kappa shape index (κ2) is 10.8. The lowest BCUT2D eigenvalue weighted by Gasteiger charge is -2.18. The van der Waals surface area contributed by atoms with E-state index in [9.17, 15) is 0 Å². The maximum absolute atomic E-state index is 6.30. The molecule has 170 valence electrons. The fourth-order valence-corrected chi connectivity index (χ4v) is 4.76. The first-order chi connectivity index (χ1) is 15.9. The number of nitrogens with zero attached hydrogens (tertiary/aromatic N) is 3. The molecule has 1 N–H and O–H groups in total. The molecule has 0 saturated carbocycles. The van der Waals surface area contributed by atoms with Crippen molar-refractivity contribution in [1.82, 2.24) is 20.4 Å². The quantitative estimate of drug-likeness (QED) is 0.219. The summed E-state index contributed by atoms with van der Waals surface area (Å²) >= 11 is 14.5. The zero-order valence-corrected chi connectivity index (χ0v) is 21.9. The summed E-state index contributed by atoms with van der Waals surface area (Å²) in [6.45, 7) is 4.70. The van der Waals surface area contributed by atoms with Crippen molar-refractivity contribution < 1.29 is 4.74 Å². The average Bonchev–Trinajstić information content (AvgIpc) is 3.22. The zero-order valence-electron chi connectivity index (χ0n) is 18.3. The van der Waals surface area contributed by atoms with E-state index < -0.39 is 0 Å². The van der Waals surface area contributed by atoms with Crippen molar-refractivity contribution in [2.45, 2.75) is 39.2 Å². The monoisotopic (exact) mass is 592 g/mol. The molecule has 4 rings (SSSR count). The summed E-state index contributed by atoms with van der Waals surface area (Å²) < 4.78 is 7.16. The molecule has 0 atom stereocenters. The molecule has 33 heavy (non-hydrogen) atoms. The minimum atomic E-state index is 0.314. The molecular weight excluding hydrogens is 570 g/mol. The van der Waals surface area contributed by atoms with Crippen molar-refractivity contribution in [1.29, 1.82) is 0 Å². The molecule has 2 heterocycles. The minimum absolute atomic E-state index is 0.314. The standard InChI is InChI=1S/C25H23Cl2IN4O/c1-15(2)21-9-10-29-22(24(21)33-14-17-11-19(26)13-20(27)12-17)8-5-16-3-6-18(7-4-16)23-25(28)31-32-30-23/h3-4,6-7,9-13,15H,5,8,14H2,1-2H3,(H,30,31,32). The van der Waals surface area contributed by atoms with Gasteiger partial charge in [0.2, 0.25) is 0 Å². The highest BCUT2D eigenvalue weighted by molar-refractivity contribution is 14.1. The third-order valence-electron chi connectivity index (χ3n) is 5.32. The highest BCUT2D eigenvalue weighted by Gasteiger charge is 2.15. The number of benzene rings is 2. The zero-order chi connectivity index (χ0) is 23.4. The summed E-state index contributed by atoms with van der Waals surface area (Å²) in [5.74, 6) is 1.16. The van der Waals surface area contributed by atoms with Gasteiger partial charge in [-0.05, 0) is 76.7 Å². The predicted octanol–water partition coefficient (Wildman–Crippen LogP) is 7.27. The van der Waals surface area contributed by atoms with Crippen molar-refractivity contribution in [2.24, 2.45) is 0 Å². The van der Waals surface area contributed by atoms with Crippen LogP contribution in [-0.4, -0.2) is 20.4 Å². The first-order valence-corrected chi connectivity index (χ1v) is 12.5. The molecule has 0 amide bonds. The van der Waals surface area contributed by atoms with Gasteiger partial charge in [0.1, 0.15) is 18.1 Å². The minimum Gasteiger partial charge on any atom is -0.487 e. The molecule has 0 fully saturated rings. The van der Waals surface area contributed by atoms with E-state index in [4.69, 9.17) is 27.9 Å². The number of nitrogens with one attached hydrogen (secondary N) is 1. The third-order valence-corrected chi connectivity index (χ3v) is 6.51. The van der Waals surface area contributed by atoms with Gasteiger partial charge in [-0.25, -0.2) is 0 Å². The first-order valence-electron chi connectivity index (χ1n) is 10.6. The Hall–Kier alpha value is -2.16. The summed E-state index contributed by atoms with van der Waals surface area (Å²) in [4.78, 5) is 4.65. The predicted molar refractivity (Wildman–Crippen MR) is 141 cm³/mol. The number of pyridine rings is 1. The van der Waals surface area contributed by atoms with E-state index >= 15 is 0 Å². The molecule has 0 bridgehead atoms. The van der Waals surface area contributed by atoms with Crippen molar-refractivity contribution in [3.8, 4) is 17.0 Å². The fourth-order valence-electron chi connectivity index (χ4n) is 3.65. The van der Waals surface area contributed by atoms with Crippen LogP contribution in [0, 0.1) is 3.70 Å². The third kappa shape index (κ3) is 6.05. The molecule has 8 heteroatoms. The number of aromatic nitrogens is 4. The fraction of sp³-hybridized carbons (Fsp3) is 0.240. The van der Waals surface area contributed by atoms with Gasteiger partial charge in [0.15, 0.2) is 3.70 Å². The van der Waals surface area contributed by atoms with Crippen molar-refractivity contribution in [2.75, 3.05) is 0 Å². The Bertz CT molecular complexity index is 1220. The summed E-state index contributed by atoms with van der Waals surface area (Å²) in [7, 11) is 0. The van der Waals surface area contributed by atoms with Gasteiger partial charge in [-0.1, -0.05) is 61.3 Å².